The molecule has 1 aliphatic rings. The third-order valence-corrected chi connectivity index (χ3v) is 3.07. The largest absolute Gasteiger partial charge is 0.481 e. The summed E-state index contributed by atoms with van der Waals surface area (Å²) in [6.45, 7) is 2.67. The van der Waals surface area contributed by atoms with Crippen molar-refractivity contribution in [2.45, 2.75) is 19.8 Å². The van der Waals surface area contributed by atoms with Gasteiger partial charge in [0.25, 0.3) is 5.91 Å². The number of rotatable bonds is 2. The summed E-state index contributed by atoms with van der Waals surface area (Å²) in [5, 5.41) is 12.4. The molecule has 1 N–H and O–H groups in total. The summed E-state index contributed by atoms with van der Waals surface area (Å²) in [5.41, 5.74) is 0.704. The molecular formula is C11H14N2O4. The number of carbonyl (C=O) groups excluding carboxylic acids is 1. The van der Waals surface area contributed by atoms with Crippen LogP contribution in [-0.4, -0.2) is 40.1 Å². The van der Waals surface area contributed by atoms with Crippen molar-refractivity contribution in [3.05, 3.63) is 17.5 Å². The lowest BCUT2D eigenvalue weighted by Gasteiger charge is -2.29. The van der Waals surface area contributed by atoms with Gasteiger partial charge in [-0.1, -0.05) is 5.16 Å². The minimum absolute atomic E-state index is 0.205. The lowest BCUT2D eigenvalue weighted by Crippen LogP contribution is -2.40. The molecule has 0 spiro atoms. The van der Waals surface area contributed by atoms with E-state index in [2.05, 4.69) is 5.16 Å². The number of likely N-dealkylation sites (tertiary alicyclic amines) is 1. The first-order valence-electron chi connectivity index (χ1n) is 5.53. The Kier molecular flexibility index (Phi) is 3.12. The Morgan fingerprint density at radius 1 is 1.47 bits per heavy atom. The standard InChI is InChI=1S/C11H14N2O4/c1-7-6-12-17-9(7)10(14)13-4-2-8(3-5-13)11(15)16/h6,8H,2-5H2,1H3,(H,15,16). The van der Waals surface area contributed by atoms with E-state index in [-0.39, 0.29) is 17.6 Å². The van der Waals surface area contributed by atoms with Gasteiger partial charge in [-0.3, -0.25) is 9.59 Å². The molecule has 1 aromatic heterocycles. The minimum Gasteiger partial charge on any atom is -0.481 e. The lowest BCUT2D eigenvalue weighted by atomic mass is 9.97. The second-order valence-corrected chi connectivity index (χ2v) is 4.24. The average Bonchev–Trinajstić information content (AvgIpc) is 2.74. The zero-order valence-electron chi connectivity index (χ0n) is 9.55. The monoisotopic (exact) mass is 238 g/mol. The van der Waals surface area contributed by atoms with Crippen molar-refractivity contribution in [3.8, 4) is 0 Å². The van der Waals surface area contributed by atoms with E-state index in [0.717, 1.165) is 0 Å². The number of amides is 1. The molecule has 0 atom stereocenters. The Hall–Kier alpha value is -1.85. The quantitative estimate of drug-likeness (QED) is 0.828. The molecule has 0 saturated carbocycles. The third kappa shape index (κ3) is 2.30. The molecule has 1 amide bonds. The van der Waals surface area contributed by atoms with E-state index in [1.807, 2.05) is 0 Å². The predicted octanol–water partition coefficient (Wildman–Crippen LogP) is 0.920. The number of carboxylic acid groups (broad SMARTS) is 1. The number of carboxylic acids is 1. The fourth-order valence-corrected chi connectivity index (χ4v) is 1.97. The summed E-state index contributed by atoms with van der Waals surface area (Å²) in [4.78, 5) is 24.4. The summed E-state index contributed by atoms with van der Waals surface area (Å²) in [6.07, 6.45) is 2.49. The molecule has 1 aliphatic heterocycles. The van der Waals surface area contributed by atoms with E-state index in [4.69, 9.17) is 9.63 Å². The highest BCUT2D eigenvalue weighted by Crippen LogP contribution is 2.20. The first-order valence-corrected chi connectivity index (χ1v) is 5.53. The van der Waals surface area contributed by atoms with Gasteiger partial charge in [0.05, 0.1) is 12.1 Å². The van der Waals surface area contributed by atoms with Gasteiger partial charge in [0, 0.05) is 18.7 Å². The first-order chi connectivity index (χ1) is 8.09. The second kappa shape index (κ2) is 4.57. The van der Waals surface area contributed by atoms with Crippen molar-refractivity contribution in [3.63, 3.8) is 0 Å². The molecule has 1 aromatic rings. The Morgan fingerprint density at radius 2 is 2.12 bits per heavy atom. The maximum Gasteiger partial charge on any atom is 0.306 e. The number of carbonyl (C=O) groups is 2. The van der Waals surface area contributed by atoms with E-state index in [1.54, 1.807) is 11.8 Å². The molecule has 0 aliphatic carbocycles. The summed E-state index contributed by atoms with van der Waals surface area (Å²) >= 11 is 0. The predicted molar refractivity (Wildman–Crippen MR) is 57.5 cm³/mol. The molecule has 2 rings (SSSR count). The van der Waals surface area contributed by atoms with Gasteiger partial charge >= 0.3 is 5.97 Å². The van der Waals surface area contributed by atoms with E-state index >= 15 is 0 Å². The van der Waals surface area contributed by atoms with Crippen LogP contribution in [0.1, 0.15) is 29.0 Å². The van der Waals surface area contributed by atoms with Gasteiger partial charge in [-0.15, -0.1) is 0 Å². The number of piperidine rings is 1. The zero-order chi connectivity index (χ0) is 12.4. The van der Waals surface area contributed by atoms with Crippen LogP contribution in [0.4, 0.5) is 0 Å². The molecule has 92 valence electrons. The van der Waals surface area contributed by atoms with Gasteiger partial charge in [0.15, 0.2) is 0 Å². The molecular weight excluding hydrogens is 224 g/mol. The van der Waals surface area contributed by atoms with Crippen molar-refractivity contribution in [1.29, 1.82) is 0 Å². The SMILES string of the molecule is Cc1cnoc1C(=O)N1CCC(C(=O)O)CC1. The van der Waals surface area contributed by atoms with Gasteiger partial charge in [-0.05, 0) is 19.8 Å². The highest BCUT2D eigenvalue weighted by molar-refractivity contribution is 5.92. The average molecular weight is 238 g/mol. The van der Waals surface area contributed by atoms with Crippen LogP contribution in [0.15, 0.2) is 10.7 Å². The molecule has 1 fully saturated rings. The van der Waals surface area contributed by atoms with Gasteiger partial charge < -0.3 is 14.5 Å². The van der Waals surface area contributed by atoms with Crippen LogP contribution in [0.2, 0.25) is 0 Å². The van der Waals surface area contributed by atoms with E-state index < -0.39 is 5.97 Å². The van der Waals surface area contributed by atoms with Gasteiger partial charge in [0.1, 0.15) is 0 Å². The molecule has 0 bridgehead atoms. The van der Waals surface area contributed by atoms with Crippen LogP contribution < -0.4 is 0 Å². The topological polar surface area (TPSA) is 83.6 Å². The highest BCUT2D eigenvalue weighted by Gasteiger charge is 2.29. The smallest absolute Gasteiger partial charge is 0.306 e. The van der Waals surface area contributed by atoms with Gasteiger partial charge in [-0.2, -0.15) is 0 Å². The van der Waals surface area contributed by atoms with Gasteiger partial charge in [-0.25, -0.2) is 0 Å². The van der Waals surface area contributed by atoms with Crippen LogP contribution in [-0.2, 0) is 4.79 Å². The molecule has 0 unspecified atom stereocenters. The van der Waals surface area contributed by atoms with Crippen molar-refractivity contribution in [1.82, 2.24) is 10.1 Å². The molecule has 1 saturated heterocycles. The zero-order valence-corrected chi connectivity index (χ0v) is 9.55. The van der Waals surface area contributed by atoms with Crippen LogP contribution in [0.25, 0.3) is 0 Å². The van der Waals surface area contributed by atoms with Crippen LogP contribution >= 0.6 is 0 Å². The van der Waals surface area contributed by atoms with E-state index in [0.29, 0.717) is 31.5 Å². The van der Waals surface area contributed by atoms with Crippen molar-refractivity contribution in [2.24, 2.45) is 5.92 Å². The normalized spacial score (nSPS) is 17.1. The van der Waals surface area contributed by atoms with Crippen molar-refractivity contribution >= 4 is 11.9 Å². The highest BCUT2D eigenvalue weighted by atomic mass is 16.5. The summed E-state index contributed by atoms with van der Waals surface area (Å²) in [5.74, 6) is -1.08. The fraction of sp³-hybridized carbons (Fsp3) is 0.545. The van der Waals surface area contributed by atoms with Gasteiger partial charge in [0.2, 0.25) is 5.76 Å². The van der Waals surface area contributed by atoms with E-state index in [9.17, 15) is 9.59 Å². The Bertz CT molecular complexity index is 432. The van der Waals surface area contributed by atoms with Crippen LogP contribution in [0, 0.1) is 12.8 Å². The van der Waals surface area contributed by atoms with Crippen molar-refractivity contribution < 1.29 is 19.2 Å². The Balaban J connectivity index is 2.00. The number of hydrogen-bond acceptors (Lipinski definition) is 4. The maximum atomic E-state index is 12.0. The van der Waals surface area contributed by atoms with Crippen molar-refractivity contribution in [2.75, 3.05) is 13.1 Å². The second-order valence-electron chi connectivity index (χ2n) is 4.24. The number of aliphatic carboxylic acids is 1. The van der Waals surface area contributed by atoms with Crippen LogP contribution in [0.3, 0.4) is 0 Å². The minimum atomic E-state index is -0.784. The molecule has 17 heavy (non-hydrogen) atoms. The number of aryl methyl sites for hydroxylation is 1. The number of aromatic nitrogens is 1. The summed E-state index contributed by atoms with van der Waals surface area (Å²) in [6, 6.07) is 0. The molecule has 2 heterocycles. The molecule has 6 heteroatoms. The fourth-order valence-electron chi connectivity index (χ4n) is 1.97. The number of nitrogens with zero attached hydrogens (tertiary/aromatic N) is 2. The lowest BCUT2D eigenvalue weighted by molar-refractivity contribution is -0.143. The summed E-state index contributed by atoms with van der Waals surface area (Å²) < 4.78 is 4.90. The number of hydrogen-bond donors (Lipinski definition) is 1. The Labute approximate surface area is 98.2 Å². The van der Waals surface area contributed by atoms with E-state index in [1.165, 1.54) is 6.20 Å². The Morgan fingerprint density at radius 3 is 2.59 bits per heavy atom. The molecule has 6 nitrogen and oxygen atoms in total. The summed E-state index contributed by atoms with van der Waals surface area (Å²) in [7, 11) is 0. The molecule has 0 radical (unpaired) electrons. The van der Waals surface area contributed by atoms with Crippen LogP contribution in [0.5, 0.6) is 0 Å². The third-order valence-electron chi connectivity index (χ3n) is 3.07. The molecule has 0 aromatic carbocycles. The maximum absolute atomic E-state index is 12.0. The first kappa shape index (κ1) is 11.6.